The van der Waals surface area contributed by atoms with Gasteiger partial charge in [0.2, 0.25) is 0 Å². The SMILES string of the molecule is CCCCCCCCCCCCCCCC(=O)SCCC[SiH](OCC)OCC(CCCCCCCCCCCC)(CCCCCCCCCCCC)NC. The smallest absolute Gasteiger partial charge is 0.321 e. The van der Waals surface area contributed by atoms with Gasteiger partial charge in [0.25, 0.3) is 0 Å². The maximum atomic E-state index is 12.6. The average Bonchev–Trinajstić information content (AvgIpc) is 3.18. The van der Waals surface area contributed by atoms with Crippen LogP contribution in [0.15, 0.2) is 0 Å². The number of likely N-dealkylation sites (N-methyl/N-ethyl adjacent to an activating group) is 1. The number of rotatable bonds is 46. The standard InChI is InChI=1S/C48H99NO3SSi/c1-6-10-13-16-19-22-25-26-27-28-31-34-37-41-47(50)53-44-40-45-54(51-9-4)52-46-48(49-5,42-38-35-32-29-23-20-17-14-11-7-2)43-39-36-33-30-24-21-18-15-12-8-3/h49,54H,6-46H2,1-5H3. The van der Waals surface area contributed by atoms with Crippen LogP contribution in [0, 0.1) is 0 Å². The predicted octanol–water partition coefficient (Wildman–Crippen LogP) is 16.0. The first-order valence-corrected chi connectivity index (χ1v) is 27.4. The van der Waals surface area contributed by atoms with Gasteiger partial charge in [0.05, 0.1) is 6.61 Å². The molecule has 324 valence electrons. The first-order valence-electron chi connectivity index (χ1n) is 24.6. The molecule has 0 amide bonds. The molecule has 1 N–H and O–H groups in total. The summed E-state index contributed by atoms with van der Waals surface area (Å²) in [4.78, 5) is 12.6. The predicted molar refractivity (Wildman–Crippen MR) is 247 cm³/mol. The zero-order chi connectivity index (χ0) is 39.5. The van der Waals surface area contributed by atoms with E-state index in [1.54, 1.807) is 11.8 Å². The molecular weight excluding hydrogens is 699 g/mol. The van der Waals surface area contributed by atoms with Crippen LogP contribution >= 0.6 is 11.8 Å². The summed E-state index contributed by atoms with van der Waals surface area (Å²) in [5.41, 5.74) is 0.0568. The van der Waals surface area contributed by atoms with Gasteiger partial charge in [-0.05, 0) is 45.7 Å². The Hall–Kier alpha value is 0.117. The number of carbonyl (C=O) groups excluding carboxylic acids is 1. The monoisotopic (exact) mass is 798 g/mol. The molecule has 0 saturated heterocycles. The van der Waals surface area contributed by atoms with Gasteiger partial charge in [-0.2, -0.15) is 0 Å². The summed E-state index contributed by atoms with van der Waals surface area (Å²) in [6.45, 7) is 10.5. The Bertz CT molecular complexity index is 717. The minimum Gasteiger partial charge on any atom is -0.397 e. The van der Waals surface area contributed by atoms with Gasteiger partial charge in [-0.1, -0.05) is 238 Å². The van der Waals surface area contributed by atoms with E-state index in [2.05, 4.69) is 40.1 Å². The molecule has 0 rings (SSSR count). The highest BCUT2D eigenvalue weighted by atomic mass is 32.2. The lowest BCUT2D eigenvalue weighted by Crippen LogP contribution is -2.49. The molecule has 1 atom stereocenters. The fraction of sp³-hybridized carbons (Fsp3) is 0.979. The van der Waals surface area contributed by atoms with Crippen molar-refractivity contribution in [3.8, 4) is 0 Å². The molecule has 0 aromatic carbocycles. The summed E-state index contributed by atoms with van der Waals surface area (Å²) >= 11 is 1.56. The molecule has 54 heavy (non-hydrogen) atoms. The first-order chi connectivity index (χ1) is 26.6. The van der Waals surface area contributed by atoms with Gasteiger partial charge in [0.1, 0.15) is 0 Å². The minimum atomic E-state index is -1.77. The lowest BCUT2D eigenvalue weighted by Gasteiger charge is -2.35. The topological polar surface area (TPSA) is 47.6 Å². The van der Waals surface area contributed by atoms with Crippen LogP contribution in [0.25, 0.3) is 0 Å². The van der Waals surface area contributed by atoms with Gasteiger partial charge in [0, 0.05) is 24.3 Å². The summed E-state index contributed by atoms with van der Waals surface area (Å²) in [5.74, 6) is 0.908. The van der Waals surface area contributed by atoms with E-state index in [4.69, 9.17) is 8.85 Å². The Morgan fingerprint density at radius 2 is 0.833 bits per heavy atom. The number of nitrogens with one attached hydrogen (secondary N) is 1. The summed E-state index contributed by atoms with van der Waals surface area (Å²) in [6.07, 6.45) is 49.3. The van der Waals surface area contributed by atoms with E-state index < -0.39 is 9.28 Å². The third-order valence-corrected chi connectivity index (χ3v) is 14.9. The van der Waals surface area contributed by atoms with Crippen LogP contribution in [0.2, 0.25) is 6.04 Å². The number of hydrogen-bond acceptors (Lipinski definition) is 5. The van der Waals surface area contributed by atoms with E-state index in [-0.39, 0.29) is 5.54 Å². The van der Waals surface area contributed by atoms with Crippen molar-refractivity contribution in [2.75, 3.05) is 26.0 Å². The van der Waals surface area contributed by atoms with Crippen molar-refractivity contribution in [1.82, 2.24) is 5.32 Å². The second kappa shape index (κ2) is 44.2. The van der Waals surface area contributed by atoms with Crippen molar-refractivity contribution in [3.63, 3.8) is 0 Å². The highest BCUT2D eigenvalue weighted by Crippen LogP contribution is 2.26. The lowest BCUT2D eigenvalue weighted by molar-refractivity contribution is -0.111. The summed E-state index contributed by atoms with van der Waals surface area (Å²) < 4.78 is 13.0. The van der Waals surface area contributed by atoms with Crippen LogP contribution in [0.4, 0.5) is 0 Å². The molecule has 0 aliphatic heterocycles. The van der Waals surface area contributed by atoms with E-state index in [1.807, 2.05) is 0 Å². The van der Waals surface area contributed by atoms with E-state index in [1.165, 1.54) is 218 Å². The maximum absolute atomic E-state index is 12.6. The van der Waals surface area contributed by atoms with Crippen LogP contribution in [-0.4, -0.2) is 46.0 Å². The van der Waals surface area contributed by atoms with Crippen LogP contribution < -0.4 is 5.32 Å². The number of carbonyl (C=O) groups is 1. The van der Waals surface area contributed by atoms with Crippen molar-refractivity contribution < 1.29 is 13.6 Å². The summed E-state index contributed by atoms with van der Waals surface area (Å²) in [5, 5.41) is 4.19. The lowest BCUT2D eigenvalue weighted by atomic mass is 9.87. The summed E-state index contributed by atoms with van der Waals surface area (Å²) in [6, 6.07) is 1.00. The molecule has 4 nitrogen and oxygen atoms in total. The Balaban J connectivity index is 4.48. The number of unbranched alkanes of at least 4 members (excludes halogenated alkanes) is 30. The van der Waals surface area contributed by atoms with Gasteiger partial charge < -0.3 is 14.2 Å². The molecule has 0 bridgehead atoms. The third kappa shape index (κ3) is 37.7. The molecule has 0 aliphatic rings. The molecule has 0 heterocycles. The molecule has 0 spiro atoms. The van der Waals surface area contributed by atoms with Crippen LogP contribution in [-0.2, 0) is 13.6 Å². The maximum Gasteiger partial charge on any atom is 0.321 e. The molecule has 0 aliphatic carbocycles. The van der Waals surface area contributed by atoms with E-state index in [0.29, 0.717) is 5.12 Å². The van der Waals surface area contributed by atoms with Crippen molar-refractivity contribution >= 4 is 26.2 Å². The highest BCUT2D eigenvalue weighted by Gasteiger charge is 2.29. The zero-order valence-electron chi connectivity index (χ0n) is 37.7. The quantitative estimate of drug-likeness (QED) is 0.0491. The molecule has 0 radical (unpaired) electrons. The van der Waals surface area contributed by atoms with Gasteiger partial charge in [-0.25, -0.2) is 0 Å². The Labute approximate surface area is 346 Å². The van der Waals surface area contributed by atoms with Crippen LogP contribution in [0.1, 0.15) is 265 Å². The Kier molecular flexibility index (Phi) is 44.3. The van der Waals surface area contributed by atoms with Crippen LogP contribution in [0.3, 0.4) is 0 Å². The fourth-order valence-electron chi connectivity index (χ4n) is 7.94. The molecule has 0 fully saturated rings. The third-order valence-electron chi connectivity index (χ3n) is 11.8. The fourth-order valence-corrected chi connectivity index (χ4v) is 10.9. The van der Waals surface area contributed by atoms with Crippen molar-refractivity contribution in [2.24, 2.45) is 0 Å². The van der Waals surface area contributed by atoms with E-state index >= 15 is 0 Å². The van der Waals surface area contributed by atoms with Crippen molar-refractivity contribution in [3.05, 3.63) is 0 Å². The normalized spacial score (nSPS) is 12.5. The second-order valence-corrected chi connectivity index (χ2v) is 20.2. The first kappa shape index (κ1) is 54.1. The molecule has 6 heteroatoms. The minimum absolute atomic E-state index is 0.0568. The van der Waals surface area contributed by atoms with Crippen molar-refractivity contribution in [1.29, 1.82) is 0 Å². The molecular formula is C48H99NO3SSi. The summed E-state index contributed by atoms with van der Waals surface area (Å²) in [7, 11) is 0.406. The highest BCUT2D eigenvalue weighted by molar-refractivity contribution is 8.13. The van der Waals surface area contributed by atoms with Crippen molar-refractivity contribution in [2.45, 2.75) is 277 Å². The molecule has 1 unspecified atom stereocenters. The van der Waals surface area contributed by atoms with Gasteiger partial charge in [-0.15, -0.1) is 0 Å². The number of thioether (sulfide) groups is 1. The largest absolute Gasteiger partial charge is 0.397 e. The van der Waals surface area contributed by atoms with Crippen LogP contribution in [0.5, 0.6) is 0 Å². The zero-order valence-corrected chi connectivity index (χ0v) is 39.7. The van der Waals surface area contributed by atoms with E-state index in [0.717, 1.165) is 44.3 Å². The molecule has 0 saturated carbocycles. The Morgan fingerprint density at radius 3 is 1.19 bits per heavy atom. The second-order valence-electron chi connectivity index (χ2n) is 16.9. The molecule has 0 aromatic rings. The van der Waals surface area contributed by atoms with E-state index in [9.17, 15) is 4.79 Å². The number of hydrogen-bond donors (Lipinski definition) is 1. The Morgan fingerprint density at radius 1 is 0.481 bits per heavy atom. The van der Waals surface area contributed by atoms with Gasteiger partial charge in [0.15, 0.2) is 5.12 Å². The molecule has 0 aromatic heterocycles. The van der Waals surface area contributed by atoms with Gasteiger partial charge >= 0.3 is 9.28 Å². The van der Waals surface area contributed by atoms with Gasteiger partial charge in [-0.3, -0.25) is 4.79 Å². The average molecular weight is 798 g/mol.